The number of aryl methyl sites for hydroxylation is 1. The quantitative estimate of drug-likeness (QED) is 0.627. The molecule has 1 aromatic heterocycles. The zero-order chi connectivity index (χ0) is 25.3. The van der Waals surface area contributed by atoms with E-state index in [2.05, 4.69) is 36.1 Å². The van der Waals surface area contributed by atoms with Gasteiger partial charge in [0, 0.05) is 53.4 Å². The molecule has 0 saturated heterocycles. The maximum atomic E-state index is 13.3. The summed E-state index contributed by atoms with van der Waals surface area (Å²) in [5.41, 5.74) is 4.54. The van der Waals surface area contributed by atoms with Gasteiger partial charge in [-0.2, -0.15) is 0 Å². The Labute approximate surface area is 213 Å². The van der Waals surface area contributed by atoms with Crippen LogP contribution in [0.5, 0.6) is 0 Å². The zero-order valence-corrected chi connectivity index (χ0v) is 22.2. The van der Waals surface area contributed by atoms with E-state index < -0.39 is 0 Å². The molecule has 0 bridgehead atoms. The van der Waals surface area contributed by atoms with Crippen molar-refractivity contribution in [2.24, 2.45) is 0 Å². The van der Waals surface area contributed by atoms with Crippen molar-refractivity contribution in [3.8, 4) is 0 Å². The molecule has 1 aliphatic carbocycles. The highest BCUT2D eigenvalue weighted by Crippen LogP contribution is 2.34. The number of pyridine rings is 1. The Balaban J connectivity index is 1.54. The number of carbonyl (C=O) groups excluding carboxylic acids is 1. The van der Waals surface area contributed by atoms with Crippen LogP contribution in [-0.4, -0.2) is 54.9 Å². The average molecular weight is 501 g/mol. The van der Waals surface area contributed by atoms with Crippen LogP contribution in [0.15, 0.2) is 23.0 Å². The smallest absolute Gasteiger partial charge is 0.288 e. The lowest BCUT2D eigenvalue weighted by Gasteiger charge is -2.40. The van der Waals surface area contributed by atoms with Crippen molar-refractivity contribution in [2.75, 3.05) is 32.1 Å². The second-order valence-electron chi connectivity index (χ2n) is 9.97. The molecule has 1 amide bonds. The fourth-order valence-electron chi connectivity index (χ4n) is 5.56. The lowest BCUT2D eigenvalue weighted by atomic mass is 9.89. The molecule has 1 aromatic carbocycles. The first-order valence-electron chi connectivity index (χ1n) is 12.6. The molecule has 2 heterocycles. The van der Waals surface area contributed by atoms with Gasteiger partial charge >= 0.3 is 0 Å². The Morgan fingerprint density at radius 3 is 2.49 bits per heavy atom. The average Bonchev–Trinajstić information content (AvgIpc) is 3.30. The highest BCUT2D eigenvalue weighted by molar-refractivity contribution is 6.31. The van der Waals surface area contributed by atoms with Gasteiger partial charge in [0.1, 0.15) is 6.61 Å². The number of aromatic nitrogens is 1. The Bertz CT molecular complexity index is 1150. The minimum Gasteiger partial charge on any atom is -0.410 e. The van der Waals surface area contributed by atoms with Gasteiger partial charge in [0.15, 0.2) is 0 Å². The number of hydrogen-bond donors (Lipinski definition) is 1. The minimum absolute atomic E-state index is 0.139. The molecular weight excluding hydrogens is 464 g/mol. The van der Waals surface area contributed by atoms with Gasteiger partial charge in [0.25, 0.3) is 11.5 Å². The monoisotopic (exact) mass is 500 g/mol. The Morgan fingerprint density at radius 1 is 1.14 bits per heavy atom. The molecule has 1 aliphatic heterocycles. The van der Waals surface area contributed by atoms with Crippen molar-refractivity contribution in [3.05, 3.63) is 61.5 Å². The third-order valence-corrected chi connectivity index (χ3v) is 7.86. The van der Waals surface area contributed by atoms with Gasteiger partial charge in [0.05, 0.1) is 5.69 Å². The molecule has 0 radical (unpaired) electrons. The van der Waals surface area contributed by atoms with Crippen LogP contribution in [0, 0.1) is 13.8 Å². The first-order valence-corrected chi connectivity index (χ1v) is 13.0. The van der Waals surface area contributed by atoms with Crippen LogP contribution in [0.1, 0.15) is 65.3 Å². The topological polar surface area (TPSA) is 66.8 Å². The van der Waals surface area contributed by atoms with E-state index in [-0.39, 0.29) is 18.0 Å². The molecule has 0 atom stereocenters. The zero-order valence-electron chi connectivity index (χ0n) is 21.5. The first kappa shape index (κ1) is 25.6. The molecule has 4 rings (SSSR count). The molecule has 35 heavy (non-hydrogen) atoms. The number of amides is 1. The lowest BCUT2D eigenvalue weighted by Crippen LogP contribution is -2.42. The second kappa shape index (κ2) is 10.6. The highest BCUT2D eigenvalue weighted by atomic mass is 35.5. The number of hydrogen-bond acceptors (Lipinski definition) is 5. The maximum Gasteiger partial charge on any atom is 0.288 e. The van der Waals surface area contributed by atoms with E-state index >= 15 is 0 Å². The number of carbonyl (C=O) groups is 1. The number of anilines is 1. The van der Waals surface area contributed by atoms with Crippen molar-refractivity contribution in [1.29, 1.82) is 0 Å². The van der Waals surface area contributed by atoms with Crippen molar-refractivity contribution >= 4 is 23.2 Å². The molecule has 8 heteroatoms. The summed E-state index contributed by atoms with van der Waals surface area (Å²) >= 11 is 6.52. The van der Waals surface area contributed by atoms with Gasteiger partial charge < -0.3 is 20.0 Å². The SMILES string of the molecule is CCN(c1cc(Cl)cc(C(=O)NCc2c(C)cc3n(c2=O)OCC3)c1C)C1CCC(N(C)C)CC1. The Hall–Kier alpha value is -2.51. The minimum atomic E-state index is -0.233. The molecule has 0 unspecified atom stereocenters. The Morgan fingerprint density at radius 2 is 1.83 bits per heavy atom. The molecular formula is C27H37ClN4O3. The summed E-state index contributed by atoms with van der Waals surface area (Å²) in [5, 5.41) is 3.49. The van der Waals surface area contributed by atoms with Crippen LogP contribution in [0.4, 0.5) is 5.69 Å². The van der Waals surface area contributed by atoms with Crippen molar-refractivity contribution in [3.63, 3.8) is 0 Å². The van der Waals surface area contributed by atoms with E-state index in [1.807, 2.05) is 26.0 Å². The van der Waals surface area contributed by atoms with Gasteiger partial charge in [-0.25, -0.2) is 0 Å². The standard InChI is InChI=1S/C27H37ClN4O3/c1-6-31(21-9-7-20(8-10-21)30(4)5)25-15-19(28)14-23(18(25)3)26(33)29-16-24-17(2)13-22-11-12-35-32(22)27(24)34/h13-15,20-21H,6-12,16H2,1-5H3,(H,29,33). The number of nitrogens with one attached hydrogen (secondary N) is 1. The number of nitrogens with zero attached hydrogens (tertiary/aromatic N) is 3. The van der Waals surface area contributed by atoms with Gasteiger partial charge in [0.2, 0.25) is 0 Å². The third-order valence-electron chi connectivity index (χ3n) is 7.64. The molecule has 1 saturated carbocycles. The second-order valence-corrected chi connectivity index (χ2v) is 10.4. The van der Waals surface area contributed by atoms with Crippen molar-refractivity contribution in [1.82, 2.24) is 14.9 Å². The summed E-state index contributed by atoms with van der Waals surface area (Å²) in [5.74, 6) is -0.233. The summed E-state index contributed by atoms with van der Waals surface area (Å²) < 4.78 is 1.35. The summed E-state index contributed by atoms with van der Waals surface area (Å²) in [6, 6.07) is 6.71. The van der Waals surface area contributed by atoms with E-state index in [0.717, 1.165) is 48.3 Å². The van der Waals surface area contributed by atoms with Crippen molar-refractivity contribution < 1.29 is 9.63 Å². The molecule has 2 aromatic rings. The lowest BCUT2D eigenvalue weighted by molar-refractivity contribution is 0.0949. The van der Waals surface area contributed by atoms with Gasteiger partial charge in [-0.1, -0.05) is 11.6 Å². The molecule has 0 spiro atoms. The fraction of sp³-hybridized carbons (Fsp3) is 0.556. The van der Waals surface area contributed by atoms with E-state index in [1.54, 1.807) is 6.07 Å². The van der Waals surface area contributed by atoms with Gasteiger partial charge in [-0.05, 0) is 89.9 Å². The third kappa shape index (κ3) is 5.21. The summed E-state index contributed by atoms with van der Waals surface area (Å²) in [7, 11) is 4.31. The number of halogens is 1. The summed E-state index contributed by atoms with van der Waals surface area (Å²) in [4.78, 5) is 36.3. The predicted octanol–water partition coefficient (Wildman–Crippen LogP) is 3.73. The van der Waals surface area contributed by atoms with Crippen LogP contribution in [0.25, 0.3) is 0 Å². The number of rotatable bonds is 7. The maximum absolute atomic E-state index is 13.3. The molecule has 1 N–H and O–H groups in total. The van der Waals surface area contributed by atoms with Gasteiger partial charge in [-0.15, -0.1) is 4.73 Å². The molecule has 190 valence electrons. The van der Waals surface area contributed by atoms with Gasteiger partial charge in [-0.3, -0.25) is 9.59 Å². The van der Waals surface area contributed by atoms with Crippen LogP contribution in [-0.2, 0) is 13.0 Å². The van der Waals surface area contributed by atoms with Crippen LogP contribution in [0.3, 0.4) is 0 Å². The van der Waals surface area contributed by atoms with E-state index in [0.29, 0.717) is 34.8 Å². The van der Waals surface area contributed by atoms with E-state index in [9.17, 15) is 9.59 Å². The number of benzene rings is 1. The molecule has 1 fully saturated rings. The van der Waals surface area contributed by atoms with Crippen LogP contribution in [0.2, 0.25) is 5.02 Å². The van der Waals surface area contributed by atoms with Crippen LogP contribution >= 0.6 is 11.6 Å². The first-order chi connectivity index (χ1) is 16.7. The Kier molecular flexibility index (Phi) is 7.77. The normalized spacial score (nSPS) is 19.4. The predicted molar refractivity (Wildman–Crippen MR) is 141 cm³/mol. The van der Waals surface area contributed by atoms with E-state index in [4.69, 9.17) is 16.4 Å². The number of fused-ring (bicyclic) bond motifs is 1. The van der Waals surface area contributed by atoms with Crippen molar-refractivity contribution in [2.45, 2.75) is 71.5 Å². The molecule has 2 aliphatic rings. The van der Waals surface area contributed by atoms with E-state index in [1.165, 1.54) is 17.6 Å². The summed E-state index contributed by atoms with van der Waals surface area (Å²) in [6.45, 7) is 7.53. The largest absolute Gasteiger partial charge is 0.410 e. The highest BCUT2D eigenvalue weighted by Gasteiger charge is 2.28. The molecule has 7 nitrogen and oxygen atoms in total. The fourth-order valence-corrected chi connectivity index (χ4v) is 5.78. The van der Waals surface area contributed by atoms with Crippen LogP contribution < -0.4 is 20.6 Å². The summed E-state index contributed by atoms with van der Waals surface area (Å²) in [6.07, 6.45) is 5.29.